The second kappa shape index (κ2) is 15.4. The minimum atomic E-state index is -0.436. The predicted octanol–water partition coefficient (Wildman–Crippen LogP) is 3.78. The molecule has 2 rings (SSSR count). The van der Waals surface area contributed by atoms with Crippen LogP contribution in [0.2, 0.25) is 0 Å². The Morgan fingerprint density at radius 1 is 1.00 bits per heavy atom. The number of hydrogen-bond donors (Lipinski definition) is 2. The first kappa shape index (κ1) is 27.7. The van der Waals surface area contributed by atoms with Crippen molar-refractivity contribution in [2.24, 2.45) is 11.5 Å². The maximum atomic E-state index is 11.9. The van der Waals surface area contributed by atoms with E-state index >= 15 is 0 Å². The Labute approximate surface area is 207 Å². The van der Waals surface area contributed by atoms with E-state index in [0.717, 1.165) is 43.4 Å². The van der Waals surface area contributed by atoms with Crippen molar-refractivity contribution in [2.75, 3.05) is 26.4 Å². The fourth-order valence-electron chi connectivity index (χ4n) is 3.10. The van der Waals surface area contributed by atoms with Gasteiger partial charge in [0.05, 0.1) is 18.9 Å². The van der Waals surface area contributed by atoms with Gasteiger partial charge >= 0.3 is 11.9 Å². The van der Waals surface area contributed by atoms with Gasteiger partial charge in [0, 0.05) is 17.7 Å². The van der Waals surface area contributed by atoms with Crippen LogP contribution in [0.15, 0.2) is 66.1 Å². The highest BCUT2D eigenvalue weighted by Gasteiger charge is 2.11. The van der Waals surface area contributed by atoms with Gasteiger partial charge < -0.3 is 30.4 Å². The number of carbonyl (C=O) groups excluding carboxylic acids is 2. The summed E-state index contributed by atoms with van der Waals surface area (Å²) in [5.74, 6) is 0.545. The van der Waals surface area contributed by atoms with Gasteiger partial charge in [-0.3, -0.25) is 0 Å². The fraction of sp³-hybridized carbons (Fsp3) is 0.407. The van der Waals surface area contributed by atoms with Gasteiger partial charge in [0.2, 0.25) is 0 Å². The zero-order chi connectivity index (χ0) is 25.5. The number of esters is 2. The molecule has 0 radical (unpaired) electrons. The summed E-state index contributed by atoms with van der Waals surface area (Å²) in [5.41, 5.74) is 13.5. The molecule has 1 aliphatic rings. The normalized spacial score (nSPS) is 15.2. The smallest absolute Gasteiger partial charge is 0.333 e. The lowest BCUT2D eigenvalue weighted by Gasteiger charge is -2.17. The van der Waals surface area contributed by atoms with E-state index in [9.17, 15) is 9.59 Å². The molecule has 0 saturated heterocycles. The zero-order valence-electron chi connectivity index (χ0n) is 20.4. The number of benzene rings is 1. The monoisotopic (exact) mass is 484 g/mol. The van der Waals surface area contributed by atoms with Crippen LogP contribution in [0.4, 0.5) is 0 Å². The standard InChI is InChI=1S/C27H36N2O6/c1-20(2)27(31)35-18-17-32-23-11-7-21(8-12-23)9-14-26(30)34-16-6-4-3-5-15-33-25-13-10-22(28)19-24(25)29/h7-9,11-14,19,22H,1,3-6,10,15-18,28-29H2,2H3/b14-9+. The molecule has 4 N–H and O–H groups in total. The zero-order valence-corrected chi connectivity index (χ0v) is 20.4. The van der Waals surface area contributed by atoms with Crippen molar-refractivity contribution in [1.29, 1.82) is 0 Å². The van der Waals surface area contributed by atoms with Crippen LogP contribution in [-0.2, 0) is 23.8 Å². The summed E-state index contributed by atoms with van der Waals surface area (Å²) in [6.07, 6.45) is 11.2. The molecule has 190 valence electrons. The molecule has 0 bridgehead atoms. The summed E-state index contributed by atoms with van der Waals surface area (Å²) in [4.78, 5) is 23.2. The molecule has 0 spiro atoms. The van der Waals surface area contributed by atoms with E-state index in [2.05, 4.69) is 6.58 Å². The topological polar surface area (TPSA) is 123 Å². The largest absolute Gasteiger partial charge is 0.492 e. The highest BCUT2D eigenvalue weighted by atomic mass is 16.6. The first-order valence-corrected chi connectivity index (χ1v) is 11.8. The lowest BCUT2D eigenvalue weighted by Crippen LogP contribution is -2.23. The number of hydrogen-bond acceptors (Lipinski definition) is 8. The van der Waals surface area contributed by atoms with E-state index in [0.29, 0.717) is 30.2 Å². The molecule has 35 heavy (non-hydrogen) atoms. The van der Waals surface area contributed by atoms with E-state index in [1.165, 1.54) is 6.08 Å². The van der Waals surface area contributed by atoms with E-state index in [4.69, 9.17) is 30.4 Å². The molecule has 1 aliphatic carbocycles. The molecule has 0 amide bonds. The minimum absolute atomic E-state index is 0.0298. The van der Waals surface area contributed by atoms with Gasteiger partial charge in [-0.1, -0.05) is 18.7 Å². The molecule has 1 atom stereocenters. The van der Waals surface area contributed by atoms with Gasteiger partial charge in [-0.15, -0.1) is 0 Å². The number of ether oxygens (including phenoxy) is 4. The molecule has 0 fully saturated rings. The van der Waals surface area contributed by atoms with Crippen LogP contribution in [-0.4, -0.2) is 44.4 Å². The van der Waals surface area contributed by atoms with Crippen LogP contribution in [0.1, 0.15) is 44.6 Å². The van der Waals surface area contributed by atoms with Crippen molar-refractivity contribution in [3.05, 3.63) is 71.7 Å². The van der Waals surface area contributed by atoms with Gasteiger partial charge in [0.25, 0.3) is 0 Å². The Morgan fingerprint density at radius 3 is 2.40 bits per heavy atom. The van der Waals surface area contributed by atoms with Crippen molar-refractivity contribution < 1.29 is 28.5 Å². The van der Waals surface area contributed by atoms with Crippen molar-refractivity contribution in [1.82, 2.24) is 0 Å². The lowest BCUT2D eigenvalue weighted by molar-refractivity contribution is -0.140. The molecule has 1 unspecified atom stereocenters. The number of unbranched alkanes of at least 4 members (excludes halogenated alkanes) is 3. The summed E-state index contributed by atoms with van der Waals surface area (Å²) < 4.78 is 21.4. The Morgan fingerprint density at radius 2 is 1.71 bits per heavy atom. The van der Waals surface area contributed by atoms with Gasteiger partial charge in [0.15, 0.2) is 0 Å². The van der Waals surface area contributed by atoms with E-state index in [1.54, 1.807) is 25.1 Å². The number of carbonyl (C=O) groups is 2. The number of nitrogens with two attached hydrogens (primary N) is 2. The summed E-state index contributed by atoms with van der Waals surface area (Å²) in [5, 5.41) is 0. The predicted molar refractivity (Wildman–Crippen MR) is 135 cm³/mol. The second-order valence-corrected chi connectivity index (χ2v) is 8.19. The quantitative estimate of drug-likeness (QED) is 0.219. The van der Waals surface area contributed by atoms with Crippen LogP contribution in [0, 0.1) is 0 Å². The van der Waals surface area contributed by atoms with Crippen molar-refractivity contribution in [3.8, 4) is 5.75 Å². The molecule has 1 aromatic carbocycles. The van der Waals surface area contributed by atoms with Gasteiger partial charge in [0.1, 0.15) is 24.7 Å². The fourth-order valence-corrected chi connectivity index (χ4v) is 3.10. The molecule has 8 nitrogen and oxygen atoms in total. The maximum Gasteiger partial charge on any atom is 0.333 e. The Kier molecular flexibility index (Phi) is 12.2. The van der Waals surface area contributed by atoms with Gasteiger partial charge in [-0.2, -0.15) is 0 Å². The van der Waals surface area contributed by atoms with E-state index < -0.39 is 5.97 Å². The highest BCUT2D eigenvalue weighted by molar-refractivity contribution is 5.87. The van der Waals surface area contributed by atoms with Gasteiger partial charge in [-0.05, 0) is 75.0 Å². The van der Waals surface area contributed by atoms with Crippen LogP contribution >= 0.6 is 0 Å². The highest BCUT2D eigenvalue weighted by Crippen LogP contribution is 2.16. The summed E-state index contributed by atoms with van der Waals surface area (Å²) in [6, 6.07) is 7.17. The Balaban J connectivity index is 1.51. The maximum absolute atomic E-state index is 11.9. The molecule has 0 aromatic heterocycles. The average Bonchev–Trinajstić information content (AvgIpc) is 2.83. The molecule has 0 aliphatic heterocycles. The summed E-state index contributed by atoms with van der Waals surface area (Å²) >= 11 is 0. The third-order valence-electron chi connectivity index (χ3n) is 5.02. The molecule has 1 aromatic rings. The van der Waals surface area contributed by atoms with Crippen molar-refractivity contribution in [2.45, 2.75) is 45.1 Å². The summed E-state index contributed by atoms with van der Waals surface area (Å²) in [7, 11) is 0. The lowest BCUT2D eigenvalue weighted by atomic mass is 10.1. The number of rotatable bonds is 15. The van der Waals surface area contributed by atoms with Gasteiger partial charge in [-0.25, -0.2) is 9.59 Å². The first-order chi connectivity index (χ1) is 16.8. The second-order valence-electron chi connectivity index (χ2n) is 8.19. The molecule has 0 heterocycles. The molecular formula is C27H36N2O6. The minimum Gasteiger partial charge on any atom is -0.492 e. The van der Waals surface area contributed by atoms with E-state index in [-0.39, 0.29) is 25.2 Å². The van der Waals surface area contributed by atoms with Crippen LogP contribution in [0.5, 0.6) is 5.75 Å². The molecular weight excluding hydrogens is 448 g/mol. The third-order valence-corrected chi connectivity index (χ3v) is 5.02. The summed E-state index contributed by atoms with van der Waals surface area (Å²) in [6.45, 7) is 6.48. The Hall–Kier alpha value is -3.52. The van der Waals surface area contributed by atoms with Crippen LogP contribution in [0.25, 0.3) is 6.08 Å². The molecule has 8 heteroatoms. The third kappa shape index (κ3) is 11.4. The van der Waals surface area contributed by atoms with Crippen LogP contribution < -0.4 is 16.2 Å². The van der Waals surface area contributed by atoms with Crippen molar-refractivity contribution >= 4 is 18.0 Å². The average molecular weight is 485 g/mol. The SMILES string of the molecule is C=C(C)C(=O)OCCOc1ccc(/C=C/C(=O)OCCCCCCOC2=CCC(N)C=C2N)cc1. The van der Waals surface area contributed by atoms with E-state index in [1.807, 2.05) is 24.3 Å². The Bertz CT molecular complexity index is 933. The molecule has 0 saturated carbocycles. The first-order valence-electron chi connectivity index (χ1n) is 11.8. The van der Waals surface area contributed by atoms with Crippen LogP contribution in [0.3, 0.4) is 0 Å². The van der Waals surface area contributed by atoms with Crippen molar-refractivity contribution in [3.63, 3.8) is 0 Å².